The van der Waals surface area contributed by atoms with E-state index >= 15 is 0 Å². The van der Waals surface area contributed by atoms with Crippen LogP contribution in [0.3, 0.4) is 0 Å². The van der Waals surface area contributed by atoms with Crippen LogP contribution in [0.2, 0.25) is 0 Å². The number of ether oxygens (including phenoxy) is 1. The van der Waals surface area contributed by atoms with Gasteiger partial charge in [-0.15, -0.1) is 0 Å². The van der Waals surface area contributed by atoms with Crippen LogP contribution in [-0.2, 0) is 22.6 Å². The van der Waals surface area contributed by atoms with Gasteiger partial charge in [-0.25, -0.2) is 9.37 Å². The van der Waals surface area contributed by atoms with Crippen LogP contribution in [-0.4, -0.2) is 50.8 Å². The third-order valence-electron chi connectivity index (χ3n) is 5.85. The monoisotopic (exact) mass is 428 g/mol. The highest BCUT2D eigenvalue weighted by molar-refractivity contribution is 5.81. The first-order chi connectivity index (χ1) is 14.8. The summed E-state index contributed by atoms with van der Waals surface area (Å²) in [6.07, 6.45) is 1.07. The van der Waals surface area contributed by atoms with Crippen LogP contribution in [0.1, 0.15) is 49.8 Å². The average molecular weight is 428 g/mol. The number of hydrogen-bond acceptors (Lipinski definition) is 5. The highest BCUT2D eigenvalue weighted by Gasteiger charge is 2.35. The second kappa shape index (κ2) is 8.49. The molecule has 0 spiro atoms. The van der Waals surface area contributed by atoms with Gasteiger partial charge in [0.15, 0.2) is 6.10 Å². The number of H-pyrrole nitrogens is 1. The van der Waals surface area contributed by atoms with E-state index in [1.807, 2.05) is 0 Å². The number of hydrogen-bond donors (Lipinski definition) is 1. The van der Waals surface area contributed by atoms with Gasteiger partial charge in [0.25, 0.3) is 11.5 Å². The number of amides is 2. The molecule has 0 radical (unpaired) electrons. The molecule has 2 aliphatic heterocycles. The number of halogens is 1. The third-order valence-corrected chi connectivity index (χ3v) is 5.85. The summed E-state index contributed by atoms with van der Waals surface area (Å²) in [5.74, 6) is -0.0430. The number of fused-ring (bicyclic) bond motifs is 1. The Labute approximate surface area is 179 Å². The van der Waals surface area contributed by atoms with Crippen LogP contribution >= 0.6 is 0 Å². The lowest BCUT2D eigenvalue weighted by molar-refractivity contribution is -0.139. The molecule has 1 N–H and O–H groups in total. The van der Waals surface area contributed by atoms with Gasteiger partial charge < -0.3 is 19.5 Å². The Morgan fingerprint density at radius 3 is 2.87 bits per heavy atom. The number of nitrogens with one attached hydrogen (secondary N) is 1. The predicted octanol–water partition coefficient (Wildman–Crippen LogP) is 1.94. The molecule has 2 aliphatic rings. The Morgan fingerprint density at radius 1 is 1.32 bits per heavy atom. The molecule has 3 heterocycles. The Morgan fingerprint density at radius 2 is 2.13 bits per heavy atom. The zero-order valence-electron chi connectivity index (χ0n) is 17.6. The molecule has 31 heavy (non-hydrogen) atoms. The van der Waals surface area contributed by atoms with Crippen molar-refractivity contribution in [1.82, 2.24) is 19.8 Å². The summed E-state index contributed by atoms with van der Waals surface area (Å²) in [4.78, 5) is 48.3. The van der Waals surface area contributed by atoms with Gasteiger partial charge in [-0.2, -0.15) is 0 Å². The maximum atomic E-state index is 13.4. The number of benzene rings is 1. The molecule has 2 atom stereocenters. The van der Waals surface area contributed by atoms with Gasteiger partial charge in [0.05, 0.1) is 18.3 Å². The van der Waals surface area contributed by atoms with Crippen molar-refractivity contribution in [2.24, 2.45) is 0 Å². The molecule has 1 aromatic carbocycles. The maximum absolute atomic E-state index is 13.4. The Bertz CT molecular complexity index is 1070. The average Bonchev–Trinajstić information content (AvgIpc) is 3.22. The molecule has 164 valence electrons. The van der Waals surface area contributed by atoms with E-state index in [-0.39, 0.29) is 29.2 Å². The quantitative estimate of drug-likeness (QED) is 0.803. The van der Waals surface area contributed by atoms with E-state index in [1.54, 1.807) is 22.8 Å². The first kappa shape index (κ1) is 21.0. The molecule has 1 fully saturated rings. The number of carbonyl (C=O) groups excluding carboxylic acids is 2. The van der Waals surface area contributed by atoms with Crippen LogP contribution in [0.5, 0.6) is 5.75 Å². The fourth-order valence-electron chi connectivity index (χ4n) is 4.23. The standard InChI is InChI=1S/C22H25FN4O4/c1-13(31-16-6-3-5-15(23)11-16)22(30)27-9-4-7-19(27)20-24-18-12-26(14(2)28)10-8-17(18)21(29)25-20/h3,5-6,11,13,19H,4,7-10,12H2,1-2H3,(H,24,25,29). The summed E-state index contributed by atoms with van der Waals surface area (Å²) in [7, 11) is 0. The van der Waals surface area contributed by atoms with Gasteiger partial charge in [-0.05, 0) is 38.3 Å². The van der Waals surface area contributed by atoms with Gasteiger partial charge in [0.1, 0.15) is 17.4 Å². The Kier molecular flexibility index (Phi) is 5.75. The van der Waals surface area contributed by atoms with Crippen molar-refractivity contribution < 1.29 is 18.7 Å². The van der Waals surface area contributed by atoms with Gasteiger partial charge in [0, 0.05) is 31.6 Å². The van der Waals surface area contributed by atoms with Crippen molar-refractivity contribution in [2.75, 3.05) is 13.1 Å². The normalized spacial score (nSPS) is 19.1. The minimum Gasteiger partial charge on any atom is -0.481 e. The highest BCUT2D eigenvalue weighted by Crippen LogP contribution is 2.31. The number of nitrogens with zero attached hydrogens (tertiary/aromatic N) is 3. The van der Waals surface area contributed by atoms with Crippen LogP contribution < -0.4 is 10.3 Å². The van der Waals surface area contributed by atoms with E-state index in [0.717, 1.165) is 6.42 Å². The Balaban J connectivity index is 1.55. The molecular weight excluding hydrogens is 403 g/mol. The van der Waals surface area contributed by atoms with Crippen LogP contribution in [0, 0.1) is 5.82 Å². The molecule has 9 heteroatoms. The number of aromatic amines is 1. The zero-order valence-corrected chi connectivity index (χ0v) is 17.6. The lowest BCUT2D eigenvalue weighted by Crippen LogP contribution is -2.42. The molecule has 2 aromatic rings. The van der Waals surface area contributed by atoms with Crippen molar-refractivity contribution in [2.45, 2.75) is 51.8 Å². The predicted molar refractivity (Wildman–Crippen MR) is 110 cm³/mol. The fourth-order valence-corrected chi connectivity index (χ4v) is 4.23. The number of rotatable bonds is 4. The summed E-state index contributed by atoms with van der Waals surface area (Å²) < 4.78 is 19.1. The molecule has 1 saturated heterocycles. The molecule has 0 bridgehead atoms. The Hall–Kier alpha value is -3.23. The first-order valence-corrected chi connectivity index (χ1v) is 10.4. The topological polar surface area (TPSA) is 95.6 Å². The third kappa shape index (κ3) is 4.30. The summed E-state index contributed by atoms with van der Waals surface area (Å²) in [5, 5.41) is 0. The molecule has 0 saturated carbocycles. The summed E-state index contributed by atoms with van der Waals surface area (Å²) >= 11 is 0. The van der Waals surface area contributed by atoms with Crippen molar-refractivity contribution in [3.05, 3.63) is 57.5 Å². The SMILES string of the molecule is CC(=O)N1CCc2c(nc(C3CCCN3C(=O)C(C)Oc3cccc(F)c3)[nH]c2=O)C1. The largest absolute Gasteiger partial charge is 0.481 e. The van der Waals surface area contributed by atoms with Crippen molar-refractivity contribution >= 4 is 11.8 Å². The van der Waals surface area contributed by atoms with Crippen LogP contribution in [0.15, 0.2) is 29.1 Å². The minimum absolute atomic E-state index is 0.0599. The lowest BCUT2D eigenvalue weighted by Gasteiger charge is -2.29. The second-order valence-electron chi connectivity index (χ2n) is 7.97. The lowest BCUT2D eigenvalue weighted by atomic mass is 10.1. The fraction of sp³-hybridized carbons (Fsp3) is 0.455. The molecule has 1 aromatic heterocycles. The van der Waals surface area contributed by atoms with E-state index in [9.17, 15) is 18.8 Å². The second-order valence-corrected chi connectivity index (χ2v) is 7.97. The first-order valence-electron chi connectivity index (χ1n) is 10.4. The molecule has 0 aliphatic carbocycles. The molecular formula is C22H25FN4O4. The van der Waals surface area contributed by atoms with Gasteiger partial charge >= 0.3 is 0 Å². The summed E-state index contributed by atoms with van der Waals surface area (Å²) in [6.45, 7) is 4.42. The minimum atomic E-state index is -0.819. The van der Waals surface area contributed by atoms with Gasteiger partial charge in [-0.1, -0.05) is 6.07 Å². The van der Waals surface area contributed by atoms with E-state index in [4.69, 9.17) is 4.74 Å². The number of likely N-dealkylation sites (tertiary alicyclic amines) is 1. The van der Waals surface area contributed by atoms with E-state index in [0.29, 0.717) is 49.6 Å². The van der Waals surface area contributed by atoms with Crippen molar-refractivity contribution in [3.63, 3.8) is 0 Å². The number of carbonyl (C=O) groups is 2. The van der Waals surface area contributed by atoms with Crippen molar-refractivity contribution in [1.29, 1.82) is 0 Å². The number of aromatic nitrogens is 2. The van der Waals surface area contributed by atoms with E-state index in [2.05, 4.69) is 9.97 Å². The van der Waals surface area contributed by atoms with Crippen LogP contribution in [0.25, 0.3) is 0 Å². The molecule has 4 rings (SSSR count). The van der Waals surface area contributed by atoms with Crippen LogP contribution in [0.4, 0.5) is 4.39 Å². The molecule has 2 unspecified atom stereocenters. The summed E-state index contributed by atoms with van der Waals surface area (Å²) in [5.41, 5.74) is 0.968. The van der Waals surface area contributed by atoms with E-state index in [1.165, 1.54) is 25.1 Å². The van der Waals surface area contributed by atoms with Crippen molar-refractivity contribution in [3.8, 4) is 5.75 Å². The van der Waals surface area contributed by atoms with E-state index < -0.39 is 11.9 Å². The maximum Gasteiger partial charge on any atom is 0.263 e. The smallest absolute Gasteiger partial charge is 0.263 e. The highest BCUT2D eigenvalue weighted by atomic mass is 19.1. The molecule has 2 amide bonds. The molecule has 8 nitrogen and oxygen atoms in total. The summed E-state index contributed by atoms with van der Waals surface area (Å²) in [6, 6.07) is 5.27. The van der Waals surface area contributed by atoms with Gasteiger partial charge in [-0.3, -0.25) is 14.4 Å². The van der Waals surface area contributed by atoms with Gasteiger partial charge in [0.2, 0.25) is 5.91 Å². The zero-order chi connectivity index (χ0) is 22.1.